The molecule has 1 saturated heterocycles. The molecule has 0 aliphatic carbocycles. The van der Waals surface area contributed by atoms with E-state index in [0.717, 1.165) is 23.3 Å². The molecule has 0 aromatic carbocycles. The topological polar surface area (TPSA) is 34.1 Å². The van der Waals surface area contributed by atoms with E-state index in [2.05, 4.69) is 26.2 Å². The molecule has 1 N–H and O–H groups in total. The number of methoxy groups -OCH3 is 1. The van der Waals surface area contributed by atoms with Gasteiger partial charge in [-0.1, -0.05) is 0 Å². The van der Waals surface area contributed by atoms with Crippen LogP contribution in [0.3, 0.4) is 0 Å². The third-order valence-corrected chi connectivity index (χ3v) is 2.94. The maximum atomic E-state index is 5.26. The second-order valence-corrected chi connectivity index (χ2v) is 3.95. The number of pyridine rings is 1. The van der Waals surface area contributed by atoms with Crippen LogP contribution in [-0.4, -0.2) is 25.2 Å². The summed E-state index contributed by atoms with van der Waals surface area (Å²) in [5, 5.41) is 3.24. The summed E-state index contributed by atoms with van der Waals surface area (Å²) in [5.41, 5.74) is 1.23. The molecule has 2 rings (SSSR count). The molecule has 1 aliphatic heterocycles. The van der Waals surface area contributed by atoms with Crippen molar-refractivity contribution in [1.82, 2.24) is 10.3 Å². The molecule has 3 nitrogen and oxygen atoms in total. The van der Waals surface area contributed by atoms with E-state index in [9.17, 15) is 0 Å². The Morgan fingerprint density at radius 2 is 2.31 bits per heavy atom. The normalized spacial score (nSPS) is 16.8. The van der Waals surface area contributed by atoms with E-state index in [1.165, 1.54) is 5.56 Å². The molecule has 0 saturated carbocycles. The average Bonchev–Trinajstić information content (AvgIpc) is 2.05. The predicted octanol–water partition coefficient (Wildman–Crippen LogP) is 1.54. The van der Waals surface area contributed by atoms with Crippen LogP contribution in [0.2, 0.25) is 0 Å². The molecule has 0 spiro atoms. The van der Waals surface area contributed by atoms with E-state index in [1.807, 2.05) is 6.20 Å². The van der Waals surface area contributed by atoms with Gasteiger partial charge in [-0.15, -0.1) is 0 Å². The number of rotatable bonds is 2. The van der Waals surface area contributed by atoms with Crippen LogP contribution in [0.15, 0.2) is 16.9 Å². The monoisotopic (exact) mass is 242 g/mol. The average molecular weight is 243 g/mol. The van der Waals surface area contributed by atoms with E-state index in [4.69, 9.17) is 4.74 Å². The largest absolute Gasteiger partial charge is 0.495 e. The van der Waals surface area contributed by atoms with Crippen molar-refractivity contribution < 1.29 is 4.74 Å². The van der Waals surface area contributed by atoms with Crippen LogP contribution < -0.4 is 10.1 Å². The molecular weight excluding hydrogens is 232 g/mol. The van der Waals surface area contributed by atoms with Gasteiger partial charge in [0.05, 0.1) is 13.3 Å². The quantitative estimate of drug-likeness (QED) is 0.855. The number of nitrogens with zero attached hydrogens (tertiary/aromatic N) is 1. The minimum Gasteiger partial charge on any atom is -0.495 e. The van der Waals surface area contributed by atoms with Gasteiger partial charge in [-0.3, -0.25) is 4.98 Å². The molecule has 1 aromatic heterocycles. The van der Waals surface area contributed by atoms with Gasteiger partial charge in [-0.2, -0.15) is 0 Å². The molecule has 4 heteroatoms. The van der Waals surface area contributed by atoms with Crippen molar-refractivity contribution in [3.05, 3.63) is 22.4 Å². The second-order valence-electron chi connectivity index (χ2n) is 3.09. The zero-order valence-corrected chi connectivity index (χ0v) is 8.97. The molecule has 0 amide bonds. The van der Waals surface area contributed by atoms with Crippen molar-refractivity contribution in [3.63, 3.8) is 0 Å². The molecule has 70 valence electrons. The Labute approximate surface area is 85.6 Å². The zero-order chi connectivity index (χ0) is 9.26. The van der Waals surface area contributed by atoms with E-state index < -0.39 is 0 Å². The van der Waals surface area contributed by atoms with Crippen molar-refractivity contribution in [1.29, 1.82) is 0 Å². The Kier molecular flexibility index (Phi) is 2.51. The Morgan fingerprint density at radius 3 is 2.85 bits per heavy atom. The van der Waals surface area contributed by atoms with Gasteiger partial charge in [0.1, 0.15) is 5.75 Å². The Morgan fingerprint density at radius 1 is 1.54 bits per heavy atom. The molecule has 1 aromatic rings. The lowest BCUT2D eigenvalue weighted by atomic mass is 9.94. The van der Waals surface area contributed by atoms with Crippen LogP contribution >= 0.6 is 15.9 Å². The van der Waals surface area contributed by atoms with Gasteiger partial charge in [-0.25, -0.2) is 0 Å². The maximum Gasteiger partial charge on any atom is 0.141 e. The summed E-state index contributed by atoms with van der Waals surface area (Å²) in [7, 11) is 1.68. The highest BCUT2D eigenvalue weighted by Crippen LogP contribution is 2.34. The van der Waals surface area contributed by atoms with Crippen LogP contribution in [0.1, 0.15) is 11.5 Å². The fraction of sp³-hybridized carbons (Fsp3) is 0.444. The molecule has 0 atom stereocenters. The van der Waals surface area contributed by atoms with Crippen LogP contribution in [0.4, 0.5) is 0 Å². The van der Waals surface area contributed by atoms with Gasteiger partial charge in [-0.05, 0) is 15.9 Å². The molecular formula is C9H11BrN2O. The Bertz CT molecular complexity index is 312. The third kappa shape index (κ3) is 1.56. The first kappa shape index (κ1) is 8.97. The zero-order valence-electron chi connectivity index (χ0n) is 7.38. The van der Waals surface area contributed by atoms with Gasteiger partial charge in [0.15, 0.2) is 0 Å². The summed E-state index contributed by atoms with van der Waals surface area (Å²) in [6, 6.07) is 0. The van der Waals surface area contributed by atoms with Crippen molar-refractivity contribution in [3.8, 4) is 5.75 Å². The first-order valence-corrected chi connectivity index (χ1v) is 5.00. The van der Waals surface area contributed by atoms with Crippen LogP contribution in [0, 0.1) is 0 Å². The highest BCUT2D eigenvalue weighted by molar-refractivity contribution is 9.10. The molecule has 0 bridgehead atoms. The molecule has 1 aliphatic rings. The highest BCUT2D eigenvalue weighted by atomic mass is 79.9. The van der Waals surface area contributed by atoms with E-state index in [1.54, 1.807) is 13.3 Å². The third-order valence-electron chi connectivity index (χ3n) is 2.31. The summed E-state index contributed by atoms with van der Waals surface area (Å²) in [4.78, 5) is 4.06. The standard InChI is InChI=1S/C9H11BrN2O/c1-13-8-5-12-4-7(10)9(8)6-2-11-3-6/h4-6,11H,2-3H2,1H3. The number of hydrogen-bond acceptors (Lipinski definition) is 3. The number of nitrogens with one attached hydrogen (secondary N) is 1. The smallest absolute Gasteiger partial charge is 0.141 e. The van der Waals surface area contributed by atoms with Crippen molar-refractivity contribution >= 4 is 15.9 Å². The second kappa shape index (κ2) is 3.64. The Hall–Kier alpha value is -0.610. The fourth-order valence-electron chi connectivity index (χ4n) is 1.48. The SMILES string of the molecule is COc1cncc(Br)c1C1CNC1. The highest BCUT2D eigenvalue weighted by Gasteiger charge is 2.24. The van der Waals surface area contributed by atoms with E-state index in [-0.39, 0.29) is 0 Å². The maximum absolute atomic E-state index is 5.26. The van der Waals surface area contributed by atoms with Gasteiger partial charge in [0.25, 0.3) is 0 Å². The van der Waals surface area contributed by atoms with Crippen molar-refractivity contribution in [2.75, 3.05) is 20.2 Å². The number of ether oxygens (including phenoxy) is 1. The predicted molar refractivity (Wildman–Crippen MR) is 54.1 cm³/mol. The van der Waals surface area contributed by atoms with Crippen LogP contribution in [0.25, 0.3) is 0 Å². The minimum absolute atomic E-state index is 0.562. The molecule has 0 unspecified atom stereocenters. The van der Waals surface area contributed by atoms with E-state index >= 15 is 0 Å². The first-order chi connectivity index (χ1) is 6.33. The van der Waals surface area contributed by atoms with Crippen LogP contribution in [-0.2, 0) is 0 Å². The van der Waals surface area contributed by atoms with Crippen molar-refractivity contribution in [2.45, 2.75) is 5.92 Å². The van der Waals surface area contributed by atoms with Crippen LogP contribution in [0.5, 0.6) is 5.75 Å². The lowest BCUT2D eigenvalue weighted by Gasteiger charge is -2.29. The summed E-state index contributed by atoms with van der Waals surface area (Å²) in [6.45, 7) is 2.05. The first-order valence-electron chi connectivity index (χ1n) is 4.21. The molecule has 13 heavy (non-hydrogen) atoms. The Balaban J connectivity index is 2.39. The van der Waals surface area contributed by atoms with Gasteiger partial charge in [0, 0.05) is 35.2 Å². The minimum atomic E-state index is 0.562. The fourth-order valence-corrected chi connectivity index (χ4v) is 2.12. The lowest BCUT2D eigenvalue weighted by molar-refractivity contribution is 0.382. The number of hydrogen-bond donors (Lipinski definition) is 1. The summed E-state index contributed by atoms with van der Waals surface area (Å²) in [6.07, 6.45) is 3.58. The van der Waals surface area contributed by atoms with E-state index in [0.29, 0.717) is 5.92 Å². The summed E-state index contributed by atoms with van der Waals surface area (Å²) in [5.74, 6) is 1.44. The van der Waals surface area contributed by atoms with Gasteiger partial charge in [0.2, 0.25) is 0 Å². The van der Waals surface area contributed by atoms with Crippen molar-refractivity contribution in [2.24, 2.45) is 0 Å². The molecule has 0 radical (unpaired) electrons. The summed E-state index contributed by atoms with van der Waals surface area (Å²) >= 11 is 3.49. The molecule has 1 fully saturated rings. The summed E-state index contributed by atoms with van der Waals surface area (Å²) < 4.78 is 6.30. The lowest BCUT2D eigenvalue weighted by Crippen LogP contribution is -2.40. The van der Waals surface area contributed by atoms with Gasteiger partial charge < -0.3 is 10.1 Å². The van der Waals surface area contributed by atoms with Gasteiger partial charge >= 0.3 is 0 Å². The number of aromatic nitrogens is 1. The molecule has 2 heterocycles. The number of halogens is 1.